The van der Waals surface area contributed by atoms with Crippen molar-refractivity contribution in [2.24, 2.45) is 11.7 Å². The maximum absolute atomic E-state index is 10.6. The summed E-state index contributed by atoms with van der Waals surface area (Å²) in [7, 11) is 0. The fraction of sp³-hybridized carbons (Fsp3) is 0.333. The topological polar surface area (TPSA) is 108 Å². The number of benzene rings is 1. The lowest BCUT2D eigenvalue weighted by Crippen LogP contribution is -2.16. The average Bonchev–Trinajstić information content (AvgIpc) is 2.87. The molecule has 1 aromatic carbocycles. The normalized spacial score (nSPS) is 12.6. The van der Waals surface area contributed by atoms with Crippen LogP contribution in [0.15, 0.2) is 28.8 Å². The van der Waals surface area contributed by atoms with Gasteiger partial charge in [0.15, 0.2) is 0 Å². The summed E-state index contributed by atoms with van der Waals surface area (Å²) >= 11 is 0. The summed E-state index contributed by atoms with van der Waals surface area (Å²) in [6, 6.07) is 5.63. The van der Waals surface area contributed by atoms with Crippen LogP contribution in [-0.2, 0) is 0 Å². The molecule has 7 heteroatoms. The summed E-state index contributed by atoms with van der Waals surface area (Å²) in [5.74, 6) is 0.925. The van der Waals surface area contributed by atoms with Gasteiger partial charge in [0.05, 0.1) is 11.0 Å². The van der Waals surface area contributed by atoms with Crippen molar-refractivity contribution < 1.29 is 9.45 Å². The molecule has 1 aromatic heterocycles. The third-order valence-corrected chi connectivity index (χ3v) is 2.78. The van der Waals surface area contributed by atoms with Gasteiger partial charge in [0.2, 0.25) is 11.7 Å². The summed E-state index contributed by atoms with van der Waals surface area (Å²) in [5, 5.41) is 14.4. The van der Waals surface area contributed by atoms with Crippen molar-refractivity contribution in [3.05, 3.63) is 40.3 Å². The summed E-state index contributed by atoms with van der Waals surface area (Å²) in [6.45, 7) is 3.92. The largest absolute Gasteiger partial charge is 0.337 e. The number of nitrogens with two attached hydrogens (primary N) is 1. The van der Waals surface area contributed by atoms with Crippen LogP contribution in [0.25, 0.3) is 11.4 Å². The molecule has 0 saturated carbocycles. The van der Waals surface area contributed by atoms with E-state index in [-0.39, 0.29) is 17.6 Å². The Bertz CT molecular complexity index is 577. The molecule has 0 saturated heterocycles. The van der Waals surface area contributed by atoms with Crippen molar-refractivity contribution >= 4 is 5.69 Å². The van der Waals surface area contributed by atoms with Crippen molar-refractivity contribution in [3.8, 4) is 11.4 Å². The van der Waals surface area contributed by atoms with Crippen LogP contribution in [-0.4, -0.2) is 15.1 Å². The number of hydrogen-bond acceptors (Lipinski definition) is 6. The van der Waals surface area contributed by atoms with Crippen molar-refractivity contribution in [1.29, 1.82) is 0 Å². The van der Waals surface area contributed by atoms with Crippen molar-refractivity contribution in [3.63, 3.8) is 0 Å². The molecule has 0 bridgehead atoms. The van der Waals surface area contributed by atoms with E-state index in [1.165, 1.54) is 12.1 Å². The van der Waals surface area contributed by atoms with Crippen LogP contribution in [0.1, 0.15) is 25.8 Å². The first kappa shape index (κ1) is 13.2. The number of rotatable bonds is 4. The second-order valence-electron chi connectivity index (χ2n) is 4.53. The minimum Gasteiger partial charge on any atom is -0.337 e. The lowest BCUT2D eigenvalue weighted by molar-refractivity contribution is -0.384. The first-order valence-electron chi connectivity index (χ1n) is 5.83. The van der Waals surface area contributed by atoms with Gasteiger partial charge in [-0.25, -0.2) is 0 Å². The standard InChI is InChI=1S/C12H14N4O3/c1-7(2)10(13)12-14-11(15-19-12)8-3-5-9(6-4-8)16(17)18/h3-7,10H,13H2,1-2H3. The van der Waals surface area contributed by atoms with Crippen LogP contribution in [0.3, 0.4) is 0 Å². The highest BCUT2D eigenvalue weighted by atomic mass is 16.6. The SMILES string of the molecule is CC(C)C(N)c1nc(-c2ccc([N+](=O)[O-])cc2)no1. The van der Waals surface area contributed by atoms with Gasteiger partial charge >= 0.3 is 0 Å². The zero-order chi connectivity index (χ0) is 14.0. The molecule has 19 heavy (non-hydrogen) atoms. The fourth-order valence-corrected chi connectivity index (χ4v) is 1.51. The third kappa shape index (κ3) is 2.76. The summed E-state index contributed by atoms with van der Waals surface area (Å²) in [6.07, 6.45) is 0. The van der Waals surface area contributed by atoms with Gasteiger partial charge in [-0.3, -0.25) is 10.1 Å². The van der Waals surface area contributed by atoms with E-state index in [1.807, 2.05) is 13.8 Å². The van der Waals surface area contributed by atoms with E-state index in [2.05, 4.69) is 10.1 Å². The van der Waals surface area contributed by atoms with E-state index in [1.54, 1.807) is 12.1 Å². The zero-order valence-corrected chi connectivity index (χ0v) is 10.6. The number of nitrogens with zero attached hydrogens (tertiary/aromatic N) is 3. The molecule has 100 valence electrons. The lowest BCUT2D eigenvalue weighted by Gasteiger charge is -2.09. The molecule has 0 amide bonds. The minimum absolute atomic E-state index is 0.0198. The van der Waals surface area contributed by atoms with Crippen LogP contribution in [0.5, 0.6) is 0 Å². The molecule has 0 fully saturated rings. The van der Waals surface area contributed by atoms with E-state index < -0.39 is 4.92 Å². The smallest absolute Gasteiger partial charge is 0.269 e. The molecular formula is C12H14N4O3. The Labute approximate surface area is 109 Å². The van der Waals surface area contributed by atoms with Crippen molar-refractivity contribution in [2.45, 2.75) is 19.9 Å². The van der Waals surface area contributed by atoms with Crippen LogP contribution in [0, 0.1) is 16.0 Å². The number of nitro benzene ring substituents is 1. The Kier molecular flexibility index (Phi) is 3.57. The fourth-order valence-electron chi connectivity index (χ4n) is 1.51. The first-order chi connectivity index (χ1) is 8.99. The minimum atomic E-state index is -0.458. The van der Waals surface area contributed by atoms with Gasteiger partial charge in [0, 0.05) is 17.7 Å². The molecule has 2 rings (SSSR count). The van der Waals surface area contributed by atoms with E-state index in [9.17, 15) is 10.1 Å². The number of hydrogen-bond donors (Lipinski definition) is 1. The highest BCUT2D eigenvalue weighted by molar-refractivity contribution is 5.56. The first-order valence-corrected chi connectivity index (χ1v) is 5.83. The van der Waals surface area contributed by atoms with Crippen molar-refractivity contribution in [1.82, 2.24) is 10.1 Å². The lowest BCUT2D eigenvalue weighted by atomic mass is 10.1. The predicted octanol–water partition coefficient (Wildman–Crippen LogP) is 2.30. The quantitative estimate of drug-likeness (QED) is 0.669. The summed E-state index contributed by atoms with van der Waals surface area (Å²) < 4.78 is 5.10. The molecule has 0 radical (unpaired) electrons. The van der Waals surface area contributed by atoms with Crippen LogP contribution < -0.4 is 5.73 Å². The number of aromatic nitrogens is 2. The van der Waals surface area contributed by atoms with E-state index >= 15 is 0 Å². The van der Waals surface area contributed by atoms with Gasteiger partial charge in [0.25, 0.3) is 5.69 Å². The summed E-state index contributed by atoms with van der Waals surface area (Å²) in [5.41, 5.74) is 6.58. The zero-order valence-electron chi connectivity index (χ0n) is 10.6. The molecule has 0 aliphatic rings. The van der Waals surface area contributed by atoms with Gasteiger partial charge in [-0.15, -0.1) is 0 Å². The van der Waals surface area contributed by atoms with E-state index in [4.69, 9.17) is 10.3 Å². The van der Waals surface area contributed by atoms with E-state index in [0.717, 1.165) is 0 Å². The Hall–Kier alpha value is -2.28. The Morgan fingerprint density at radius 2 is 1.95 bits per heavy atom. The van der Waals surface area contributed by atoms with Gasteiger partial charge in [-0.05, 0) is 18.1 Å². The molecule has 0 spiro atoms. The van der Waals surface area contributed by atoms with Gasteiger partial charge in [-0.2, -0.15) is 4.98 Å². The Balaban J connectivity index is 2.25. The van der Waals surface area contributed by atoms with Crippen LogP contribution >= 0.6 is 0 Å². The highest BCUT2D eigenvalue weighted by Crippen LogP contribution is 2.23. The highest BCUT2D eigenvalue weighted by Gasteiger charge is 2.18. The molecule has 0 aliphatic heterocycles. The molecule has 2 aromatic rings. The Morgan fingerprint density at radius 1 is 1.32 bits per heavy atom. The Morgan fingerprint density at radius 3 is 2.47 bits per heavy atom. The molecule has 1 atom stereocenters. The average molecular weight is 262 g/mol. The van der Waals surface area contributed by atoms with Crippen LogP contribution in [0.4, 0.5) is 5.69 Å². The number of non-ortho nitro benzene ring substituents is 1. The third-order valence-electron chi connectivity index (χ3n) is 2.78. The molecule has 1 heterocycles. The molecule has 2 N–H and O–H groups in total. The van der Waals surface area contributed by atoms with Gasteiger partial charge in [0.1, 0.15) is 0 Å². The maximum Gasteiger partial charge on any atom is 0.269 e. The second kappa shape index (κ2) is 5.15. The molecule has 0 aliphatic carbocycles. The summed E-state index contributed by atoms with van der Waals surface area (Å²) in [4.78, 5) is 14.3. The van der Waals surface area contributed by atoms with Crippen LogP contribution in [0.2, 0.25) is 0 Å². The van der Waals surface area contributed by atoms with Gasteiger partial charge < -0.3 is 10.3 Å². The molecule has 1 unspecified atom stereocenters. The molecular weight excluding hydrogens is 248 g/mol. The van der Waals surface area contributed by atoms with E-state index in [0.29, 0.717) is 17.3 Å². The second-order valence-corrected chi connectivity index (χ2v) is 4.53. The number of nitro groups is 1. The predicted molar refractivity (Wildman–Crippen MR) is 68.2 cm³/mol. The van der Waals surface area contributed by atoms with Gasteiger partial charge in [-0.1, -0.05) is 19.0 Å². The monoisotopic (exact) mass is 262 g/mol. The maximum atomic E-state index is 10.6. The van der Waals surface area contributed by atoms with Crippen molar-refractivity contribution in [2.75, 3.05) is 0 Å². The molecule has 7 nitrogen and oxygen atoms in total.